The van der Waals surface area contributed by atoms with Crippen LogP contribution in [-0.2, 0) is 4.74 Å². The maximum absolute atomic E-state index is 12.1. The third-order valence-corrected chi connectivity index (χ3v) is 3.75. The number of nitrogens with one attached hydrogen (secondary N) is 2. The molecule has 0 aliphatic heterocycles. The number of aromatic amines is 1. The lowest BCUT2D eigenvalue weighted by Crippen LogP contribution is -2.27. The van der Waals surface area contributed by atoms with Crippen LogP contribution in [0, 0.1) is 0 Å². The van der Waals surface area contributed by atoms with Crippen molar-refractivity contribution in [3.05, 3.63) is 46.9 Å². The highest BCUT2D eigenvalue weighted by molar-refractivity contribution is 9.10. The van der Waals surface area contributed by atoms with E-state index >= 15 is 0 Å². The Hall–Kier alpha value is -2.34. The summed E-state index contributed by atoms with van der Waals surface area (Å²) in [6.45, 7) is 5.48. The highest BCUT2D eigenvalue weighted by Gasteiger charge is 2.18. The molecular weight excluding hydrogens is 370 g/mol. The molecule has 0 aliphatic rings. The first kappa shape index (κ1) is 16.5. The first-order chi connectivity index (χ1) is 11.3. The minimum atomic E-state index is -0.557. The highest BCUT2D eigenvalue weighted by atomic mass is 79.9. The van der Waals surface area contributed by atoms with Crippen LogP contribution >= 0.6 is 15.9 Å². The van der Waals surface area contributed by atoms with Crippen molar-refractivity contribution in [2.75, 3.05) is 5.32 Å². The van der Waals surface area contributed by atoms with E-state index in [0.29, 0.717) is 11.5 Å². The van der Waals surface area contributed by atoms with Crippen LogP contribution in [0.15, 0.2) is 46.9 Å². The molecule has 0 radical (unpaired) electrons. The molecule has 24 heavy (non-hydrogen) atoms. The molecule has 0 fully saturated rings. The minimum absolute atomic E-state index is 0.498. The van der Waals surface area contributed by atoms with Crippen molar-refractivity contribution in [2.24, 2.45) is 0 Å². The number of rotatable bonds is 2. The van der Waals surface area contributed by atoms with Gasteiger partial charge in [-0.15, -0.1) is 0 Å². The Kier molecular flexibility index (Phi) is 4.32. The number of amides is 1. The number of H-pyrrole nitrogens is 1. The Morgan fingerprint density at radius 3 is 2.67 bits per heavy atom. The number of imidazole rings is 1. The molecule has 0 saturated carbocycles. The maximum Gasteiger partial charge on any atom is 0.412 e. The van der Waals surface area contributed by atoms with E-state index < -0.39 is 11.7 Å². The van der Waals surface area contributed by atoms with Crippen molar-refractivity contribution in [2.45, 2.75) is 26.4 Å². The average Bonchev–Trinajstić information content (AvgIpc) is 2.91. The Morgan fingerprint density at radius 1 is 1.21 bits per heavy atom. The summed E-state index contributed by atoms with van der Waals surface area (Å²) in [5.74, 6) is 0.684. The molecule has 1 amide bonds. The van der Waals surface area contributed by atoms with Gasteiger partial charge < -0.3 is 9.72 Å². The fourth-order valence-electron chi connectivity index (χ4n) is 2.32. The molecule has 0 aliphatic carbocycles. The molecule has 2 N–H and O–H groups in total. The van der Waals surface area contributed by atoms with E-state index in [1.807, 2.05) is 63.2 Å². The smallest absolute Gasteiger partial charge is 0.412 e. The number of fused-ring (bicyclic) bond motifs is 1. The van der Waals surface area contributed by atoms with Gasteiger partial charge in [-0.2, -0.15) is 0 Å². The lowest BCUT2D eigenvalue weighted by Gasteiger charge is -2.20. The predicted molar refractivity (Wildman–Crippen MR) is 99.1 cm³/mol. The van der Waals surface area contributed by atoms with E-state index in [1.54, 1.807) is 0 Å². The fourth-order valence-corrected chi connectivity index (χ4v) is 2.68. The Labute approximate surface area is 148 Å². The third kappa shape index (κ3) is 3.76. The Balaban J connectivity index is 1.98. The van der Waals surface area contributed by atoms with Gasteiger partial charge in [0, 0.05) is 10.0 Å². The number of ether oxygens (including phenoxy) is 1. The zero-order valence-electron chi connectivity index (χ0n) is 13.7. The third-order valence-electron chi connectivity index (χ3n) is 3.26. The van der Waals surface area contributed by atoms with E-state index in [2.05, 4.69) is 31.2 Å². The zero-order chi connectivity index (χ0) is 17.3. The van der Waals surface area contributed by atoms with Crippen molar-refractivity contribution in [3.8, 4) is 11.4 Å². The van der Waals surface area contributed by atoms with E-state index in [0.717, 1.165) is 21.1 Å². The first-order valence-electron chi connectivity index (χ1n) is 7.56. The van der Waals surface area contributed by atoms with Crippen molar-refractivity contribution < 1.29 is 9.53 Å². The van der Waals surface area contributed by atoms with Crippen molar-refractivity contribution in [1.29, 1.82) is 0 Å². The fraction of sp³-hybridized carbons (Fsp3) is 0.222. The van der Waals surface area contributed by atoms with Gasteiger partial charge in [0.2, 0.25) is 0 Å². The molecule has 3 aromatic rings. The lowest BCUT2D eigenvalue weighted by molar-refractivity contribution is 0.0636. The highest BCUT2D eigenvalue weighted by Crippen LogP contribution is 2.31. The second kappa shape index (κ2) is 6.28. The summed E-state index contributed by atoms with van der Waals surface area (Å²) < 4.78 is 6.23. The minimum Gasteiger partial charge on any atom is -0.444 e. The second-order valence-corrected chi connectivity index (χ2v) is 7.34. The quantitative estimate of drug-likeness (QED) is 0.623. The van der Waals surface area contributed by atoms with Crippen LogP contribution in [0.1, 0.15) is 20.8 Å². The van der Waals surface area contributed by atoms with E-state index in [4.69, 9.17) is 4.74 Å². The number of para-hydroxylation sites is 2. The summed E-state index contributed by atoms with van der Waals surface area (Å²) in [7, 11) is 0. The molecule has 0 bridgehead atoms. The number of anilines is 1. The summed E-state index contributed by atoms with van der Waals surface area (Å²) in [6, 6.07) is 13.4. The molecular formula is C18H18BrN3O2. The summed E-state index contributed by atoms with van der Waals surface area (Å²) in [5.41, 5.74) is 2.67. The van der Waals surface area contributed by atoms with Crippen molar-refractivity contribution in [1.82, 2.24) is 9.97 Å². The molecule has 5 nitrogen and oxygen atoms in total. The number of nitrogens with zero attached hydrogens (tertiary/aromatic N) is 1. The van der Waals surface area contributed by atoms with Crippen LogP contribution < -0.4 is 5.32 Å². The van der Waals surface area contributed by atoms with E-state index in [9.17, 15) is 4.79 Å². The van der Waals surface area contributed by atoms with Crippen LogP contribution in [0.4, 0.5) is 10.5 Å². The van der Waals surface area contributed by atoms with Crippen LogP contribution in [0.25, 0.3) is 22.4 Å². The van der Waals surface area contributed by atoms with Crippen molar-refractivity contribution >= 4 is 38.7 Å². The number of benzene rings is 2. The number of halogens is 1. The molecule has 0 atom stereocenters. The summed E-state index contributed by atoms with van der Waals surface area (Å²) in [5, 5.41) is 2.80. The standard InChI is InChI=1S/C18H18BrN3O2/c1-18(2,3)24-17(23)22-13-9-8-11(19)10-12(13)16-20-14-6-4-5-7-15(14)21-16/h4-10H,1-3H3,(H,20,21)(H,22,23). The molecule has 124 valence electrons. The van der Waals surface area contributed by atoms with Crippen LogP contribution in [0.3, 0.4) is 0 Å². The SMILES string of the molecule is CC(C)(C)OC(=O)Nc1ccc(Br)cc1-c1nc2ccccc2[nH]1. The first-order valence-corrected chi connectivity index (χ1v) is 8.36. The van der Waals surface area contributed by atoms with Crippen molar-refractivity contribution in [3.63, 3.8) is 0 Å². The van der Waals surface area contributed by atoms with Gasteiger partial charge >= 0.3 is 6.09 Å². The molecule has 0 unspecified atom stereocenters. The maximum atomic E-state index is 12.1. The van der Waals surface area contributed by atoms with Crippen LogP contribution in [0.2, 0.25) is 0 Å². The Morgan fingerprint density at radius 2 is 1.96 bits per heavy atom. The monoisotopic (exact) mass is 387 g/mol. The molecule has 3 rings (SSSR count). The number of carbonyl (C=O) groups is 1. The molecule has 2 aromatic carbocycles. The molecule has 0 saturated heterocycles. The van der Waals surface area contributed by atoms with Gasteiger partial charge in [-0.25, -0.2) is 9.78 Å². The number of carbonyl (C=O) groups excluding carboxylic acids is 1. The number of hydrogen-bond acceptors (Lipinski definition) is 3. The second-order valence-electron chi connectivity index (χ2n) is 6.42. The van der Waals surface area contributed by atoms with Crippen LogP contribution in [0.5, 0.6) is 0 Å². The summed E-state index contributed by atoms with van der Waals surface area (Å²) in [4.78, 5) is 20.0. The topological polar surface area (TPSA) is 67.0 Å². The van der Waals surface area contributed by atoms with Crippen LogP contribution in [-0.4, -0.2) is 21.7 Å². The number of aromatic nitrogens is 2. The van der Waals surface area contributed by atoms with E-state index in [1.165, 1.54) is 0 Å². The summed E-state index contributed by atoms with van der Waals surface area (Å²) >= 11 is 3.47. The van der Waals surface area contributed by atoms with Gasteiger partial charge in [0.25, 0.3) is 0 Å². The number of hydrogen-bond donors (Lipinski definition) is 2. The van der Waals surface area contributed by atoms with Gasteiger partial charge in [-0.1, -0.05) is 28.1 Å². The lowest BCUT2D eigenvalue weighted by atomic mass is 10.1. The Bertz CT molecular complexity index is 864. The van der Waals surface area contributed by atoms with E-state index in [-0.39, 0.29) is 0 Å². The van der Waals surface area contributed by atoms with Gasteiger partial charge in [0.1, 0.15) is 11.4 Å². The molecule has 1 heterocycles. The molecule has 0 spiro atoms. The molecule has 1 aromatic heterocycles. The van der Waals surface area contributed by atoms with Gasteiger partial charge in [0.05, 0.1) is 16.7 Å². The van der Waals surface area contributed by atoms with Gasteiger partial charge in [-0.3, -0.25) is 5.32 Å². The average molecular weight is 388 g/mol. The van der Waals surface area contributed by atoms with Gasteiger partial charge in [-0.05, 0) is 51.1 Å². The normalized spacial score (nSPS) is 11.5. The zero-order valence-corrected chi connectivity index (χ0v) is 15.3. The summed E-state index contributed by atoms with van der Waals surface area (Å²) in [6.07, 6.45) is -0.498. The largest absolute Gasteiger partial charge is 0.444 e. The van der Waals surface area contributed by atoms with Gasteiger partial charge in [0.15, 0.2) is 0 Å². The molecule has 6 heteroatoms. The predicted octanol–water partition coefficient (Wildman–Crippen LogP) is 5.34.